The Morgan fingerprint density at radius 2 is 2.00 bits per heavy atom. The van der Waals surface area contributed by atoms with Crippen LogP contribution in [0.4, 0.5) is 4.39 Å². The summed E-state index contributed by atoms with van der Waals surface area (Å²) in [5.74, 6) is -0.859. The van der Waals surface area contributed by atoms with Crippen LogP contribution in [0.25, 0.3) is 0 Å². The Morgan fingerprint density at radius 3 is 2.65 bits per heavy atom. The molecule has 0 radical (unpaired) electrons. The Kier molecular flexibility index (Phi) is 5.58. The molecule has 0 saturated carbocycles. The van der Waals surface area contributed by atoms with Gasteiger partial charge in [0.15, 0.2) is 0 Å². The molecule has 0 unspecified atom stereocenters. The first-order valence-corrected chi connectivity index (χ1v) is 8.53. The molecule has 1 aromatic heterocycles. The number of hydrogen-bond donors (Lipinski definition) is 3. The molecule has 26 heavy (non-hydrogen) atoms. The van der Waals surface area contributed by atoms with Crippen molar-refractivity contribution in [3.63, 3.8) is 0 Å². The van der Waals surface area contributed by atoms with E-state index in [4.69, 9.17) is 5.73 Å². The number of rotatable bonds is 5. The largest absolute Gasteiger partial charge is 0.364 e. The van der Waals surface area contributed by atoms with Crippen molar-refractivity contribution in [3.8, 4) is 0 Å². The highest BCUT2D eigenvalue weighted by Crippen LogP contribution is 2.26. The van der Waals surface area contributed by atoms with Crippen molar-refractivity contribution in [1.29, 1.82) is 0 Å². The van der Waals surface area contributed by atoms with Crippen LogP contribution in [0.3, 0.4) is 0 Å². The van der Waals surface area contributed by atoms with E-state index in [2.05, 4.69) is 15.6 Å². The van der Waals surface area contributed by atoms with Crippen LogP contribution in [-0.2, 0) is 11.2 Å². The Balaban J connectivity index is 1.64. The second kappa shape index (κ2) is 8.05. The van der Waals surface area contributed by atoms with Gasteiger partial charge in [0.2, 0.25) is 5.91 Å². The van der Waals surface area contributed by atoms with E-state index in [-0.39, 0.29) is 35.8 Å². The standard InChI is InChI=1S/C19H21FN4O2/c20-14-4-2-13(3-5-14)15-7-8-22-11-17(15)24-18(25)9-12-1-6-16(19(21)26)23-10-12/h1-6,10,15,17,22H,7-9,11H2,(H2,21,26)(H,24,25)/t15-,17-/m1/s1. The fourth-order valence-electron chi connectivity index (χ4n) is 3.24. The van der Waals surface area contributed by atoms with Gasteiger partial charge in [0.25, 0.3) is 5.91 Å². The summed E-state index contributed by atoms with van der Waals surface area (Å²) >= 11 is 0. The number of piperidine rings is 1. The average molecular weight is 356 g/mol. The number of carbonyl (C=O) groups excluding carboxylic acids is 2. The number of pyridine rings is 1. The van der Waals surface area contributed by atoms with Crippen LogP contribution in [0.2, 0.25) is 0 Å². The van der Waals surface area contributed by atoms with E-state index < -0.39 is 5.91 Å². The number of nitrogens with one attached hydrogen (secondary N) is 2. The van der Waals surface area contributed by atoms with Gasteiger partial charge in [-0.1, -0.05) is 18.2 Å². The number of amides is 2. The summed E-state index contributed by atoms with van der Waals surface area (Å²) in [6.45, 7) is 1.51. The fourth-order valence-corrected chi connectivity index (χ4v) is 3.24. The maximum atomic E-state index is 13.2. The first kappa shape index (κ1) is 18.0. The van der Waals surface area contributed by atoms with Crippen LogP contribution < -0.4 is 16.4 Å². The van der Waals surface area contributed by atoms with E-state index in [1.165, 1.54) is 24.4 Å². The SMILES string of the molecule is NC(=O)c1ccc(CC(=O)N[C@@H]2CNCC[C@@H]2c2ccc(F)cc2)cn1. The predicted octanol–water partition coefficient (Wildman–Crippen LogP) is 1.12. The van der Waals surface area contributed by atoms with Crippen LogP contribution >= 0.6 is 0 Å². The first-order chi connectivity index (χ1) is 12.5. The number of carbonyl (C=O) groups is 2. The van der Waals surface area contributed by atoms with Crippen molar-refractivity contribution in [2.24, 2.45) is 5.73 Å². The maximum absolute atomic E-state index is 13.2. The molecule has 2 aromatic rings. The molecule has 1 aliphatic heterocycles. The molecule has 0 bridgehead atoms. The second-order valence-corrected chi connectivity index (χ2v) is 6.42. The smallest absolute Gasteiger partial charge is 0.267 e. The van der Waals surface area contributed by atoms with Gasteiger partial charge in [-0.15, -0.1) is 0 Å². The van der Waals surface area contributed by atoms with Crippen molar-refractivity contribution >= 4 is 11.8 Å². The lowest BCUT2D eigenvalue weighted by Gasteiger charge is -2.33. The van der Waals surface area contributed by atoms with Crippen molar-refractivity contribution < 1.29 is 14.0 Å². The van der Waals surface area contributed by atoms with E-state index in [1.54, 1.807) is 18.2 Å². The normalized spacial score (nSPS) is 19.7. The summed E-state index contributed by atoms with van der Waals surface area (Å²) in [6, 6.07) is 9.55. The summed E-state index contributed by atoms with van der Waals surface area (Å²) in [7, 11) is 0. The van der Waals surface area contributed by atoms with Gasteiger partial charge in [0, 0.05) is 24.7 Å². The van der Waals surface area contributed by atoms with Gasteiger partial charge in [-0.2, -0.15) is 0 Å². The zero-order valence-corrected chi connectivity index (χ0v) is 14.2. The highest BCUT2D eigenvalue weighted by Gasteiger charge is 2.27. The lowest BCUT2D eigenvalue weighted by molar-refractivity contribution is -0.121. The van der Waals surface area contributed by atoms with E-state index in [0.29, 0.717) is 12.1 Å². The minimum atomic E-state index is -0.601. The van der Waals surface area contributed by atoms with Crippen molar-refractivity contribution in [2.75, 3.05) is 13.1 Å². The fraction of sp³-hybridized carbons (Fsp3) is 0.316. The van der Waals surface area contributed by atoms with Crippen LogP contribution in [0.1, 0.15) is 34.0 Å². The van der Waals surface area contributed by atoms with Gasteiger partial charge in [-0.05, 0) is 42.3 Å². The number of nitrogens with zero attached hydrogens (tertiary/aromatic N) is 1. The molecule has 0 aliphatic carbocycles. The van der Waals surface area contributed by atoms with Crippen LogP contribution in [0, 0.1) is 5.82 Å². The molecule has 0 spiro atoms. The topological polar surface area (TPSA) is 97.1 Å². The number of primary amides is 1. The first-order valence-electron chi connectivity index (χ1n) is 8.53. The molecule has 7 heteroatoms. The van der Waals surface area contributed by atoms with Gasteiger partial charge >= 0.3 is 0 Å². The summed E-state index contributed by atoms with van der Waals surface area (Å²) in [4.78, 5) is 27.4. The third kappa shape index (κ3) is 4.43. The molecule has 1 fully saturated rings. The van der Waals surface area contributed by atoms with Gasteiger partial charge < -0.3 is 16.4 Å². The second-order valence-electron chi connectivity index (χ2n) is 6.42. The van der Waals surface area contributed by atoms with Crippen LogP contribution in [-0.4, -0.2) is 35.9 Å². The quantitative estimate of drug-likeness (QED) is 0.748. The molecule has 6 nitrogen and oxygen atoms in total. The number of nitrogens with two attached hydrogens (primary N) is 1. The van der Waals surface area contributed by atoms with Gasteiger partial charge in [-0.3, -0.25) is 14.6 Å². The van der Waals surface area contributed by atoms with Crippen molar-refractivity contribution in [3.05, 3.63) is 65.2 Å². The Hall–Kier alpha value is -2.80. The Labute approximate surface area is 151 Å². The monoisotopic (exact) mass is 356 g/mol. The van der Waals surface area contributed by atoms with Crippen LogP contribution in [0.15, 0.2) is 42.6 Å². The molecule has 2 atom stereocenters. The zero-order chi connectivity index (χ0) is 18.5. The molecular formula is C19H21FN4O2. The Morgan fingerprint density at radius 1 is 1.23 bits per heavy atom. The number of aromatic nitrogens is 1. The molecule has 1 saturated heterocycles. The van der Waals surface area contributed by atoms with E-state index in [0.717, 1.165) is 18.5 Å². The minimum Gasteiger partial charge on any atom is -0.364 e. The maximum Gasteiger partial charge on any atom is 0.267 e. The average Bonchev–Trinajstić information content (AvgIpc) is 2.63. The van der Waals surface area contributed by atoms with E-state index in [9.17, 15) is 14.0 Å². The van der Waals surface area contributed by atoms with Gasteiger partial charge in [-0.25, -0.2) is 4.39 Å². The van der Waals surface area contributed by atoms with E-state index >= 15 is 0 Å². The number of hydrogen-bond acceptors (Lipinski definition) is 4. The third-order valence-electron chi connectivity index (χ3n) is 4.57. The molecule has 1 aliphatic rings. The molecule has 2 amide bonds. The lowest BCUT2D eigenvalue weighted by Crippen LogP contribution is -2.50. The summed E-state index contributed by atoms with van der Waals surface area (Å²) in [5.41, 5.74) is 7.05. The zero-order valence-electron chi connectivity index (χ0n) is 14.2. The molecule has 3 rings (SSSR count). The highest BCUT2D eigenvalue weighted by molar-refractivity contribution is 5.90. The number of halogens is 1. The van der Waals surface area contributed by atoms with Gasteiger partial charge in [0.1, 0.15) is 11.5 Å². The summed E-state index contributed by atoms with van der Waals surface area (Å²) < 4.78 is 13.2. The lowest BCUT2D eigenvalue weighted by atomic mass is 9.86. The van der Waals surface area contributed by atoms with Crippen molar-refractivity contribution in [1.82, 2.24) is 15.6 Å². The van der Waals surface area contributed by atoms with Crippen molar-refractivity contribution in [2.45, 2.75) is 24.8 Å². The molecule has 136 valence electrons. The Bertz CT molecular complexity index is 777. The minimum absolute atomic E-state index is 0.0698. The molecule has 2 heterocycles. The van der Waals surface area contributed by atoms with E-state index in [1.807, 2.05) is 0 Å². The summed E-state index contributed by atoms with van der Waals surface area (Å²) in [6.07, 6.45) is 2.51. The highest BCUT2D eigenvalue weighted by atomic mass is 19.1. The molecule has 1 aromatic carbocycles. The third-order valence-corrected chi connectivity index (χ3v) is 4.57. The van der Waals surface area contributed by atoms with Crippen LogP contribution in [0.5, 0.6) is 0 Å². The summed E-state index contributed by atoms with van der Waals surface area (Å²) in [5, 5.41) is 6.34. The van der Waals surface area contributed by atoms with Gasteiger partial charge in [0.05, 0.1) is 6.42 Å². The predicted molar refractivity (Wildman–Crippen MR) is 95.0 cm³/mol. The molecular weight excluding hydrogens is 335 g/mol. The number of benzene rings is 1. The molecule has 4 N–H and O–H groups in total.